The molecule has 0 aromatic heterocycles. The molecule has 2 aromatic carbocycles. The van der Waals surface area contributed by atoms with E-state index in [9.17, 15) is 9.59 Å². The number of rotatable bonds is 7. The van der Waals surface area contributed by atoms with Crippen LogP contribution in [0.1, 0.15) is 36.3 Å². The molecule has 0 saturated heterocycles. The Bertz CT molecular complexity index is 758. The SMILES string of the molecule is NC(CCC[C@H](N)C(=O)O)C(=O)C1c2ccccc2-c2ccccc21. The Morgan fingerprint density at radius 2 is 1.36 bits per heavy atom. The van der Waals surface area contributed by atoms with Crippen LogP contribution in [0.3, 0.4) is 0 Å². The first-order chi connectivity index (χ1) is 12.0. The fourth-order valence-corrected chi connectivity index (χ4v) is 3.50. The van der Waals surface area contributed by atoms with E-state index in [0.29, 0.717) is 19.3 Å². The Hall–Kier alpha value is -2.50. The van der Waals surface area contributed by atoms with Gasteiger partial charge in [0, 0.05) is 0 Å². The van der Waals surface area contributed by atoms with Gasteiger partial charge in [0.25, 0.3) is 0 Å². The summed E-state index contributed by atoms with van der Waals surface area (Å²) in [5.41, 5.74) is 15.8. The van der Waals surface area contributed by atoms with Crippen molar-refractivity contribution in [2.45, 2.75) is 37.3 Å². The lowest BCUT2D eigenvalue weighted by atomic mass is 9.87. The maximum absolute atomic E-state index is 13.0. The topological polar surface area (TPSA) is 106 Å². The van der Waals surface area contributed by atoms with Crippen LogP contribution in [0.4, 0.5) is 0 Å². The number of nitrogens with two attached hydrogens (primary N) is 2. The van der Waals surface area contributed by atoms with Gasteiger partial charge in [-0.2, -0.15) is 0 Å². The molecule has 0 amide bonds. The normalized spacial score (nSPS) is 15.3. The van der Waals surface area contributed by atoms with Crippen molar-refractivity contribution < 1.29 is 14.7 Å². The van der Waals surface area contributed by atoms with Gasteiger partial charge in [-0.15, -0.1) is 0 Å². The molecule has 25 heavy (non-hydrogen) atoms. The van der Waals surface area contributed by atoms with Gasteiger partial charge < -0.3 is 16.6 Å². The standard InChI is InChI=1S/C20H22N2O3/c21-16(10-5-11-17(22)20(24)25)19(23)18-14-8-3-1-6-12(14)13-7-2-4-9-15(13)18/h1-4,6-9,16-18H,5,10-11,21-22H2,(H,24,25)/t16?,17-/m0/s1. The second-order valence-corrected chi connectivity index (χ2v) is 6.49. The van der Waals surface area contributed by atoms with Crippen LogP contribution in [-0.4, -0.2) is 28.9 Å². The van der Waals surface area contributed by atoms with E-state index >= 15 is 0 Å². The smallest absolute Gasteiger partial charge is 0.320 e. The van der Waals surface area contributed by atoms with E-state index in [-0.39, 0.29) is 11.7 Å². The van der Waals surface area contributed by atoms with Crippen molar-refractivity contribution in [1.29, 1.82) is 0 Å². The summed E-state index contributed by atoms with van der Waals surface area (Å²) in [7, 11) is 0. The lowest BCUT2D eigenvalue weighted by Gasteiger charge is -2.18. The van der Waals surface area contributed by atoms with Gasteiger partial charge in [-0.05, 0) is 41.5 Å². The van der Waals surface area contributed by atoms with Crippen molar-refractivity contribution in [1.82, 2.24) is 0 Å². The Morgan fingerprint density at radius 1 is 0.880 bits per heavy atom. The molecule has 0 heterocycles. The number of carbonyl (C=O) groups excluding carboxylic acids is 1. The number of benzene rings is 2. The first-order valence-electron chi connectivity index (χ1n) is 8.46. The first-order valence-corrected chi connectivity index (χ1v) is 8.46. The maximum Gasteiger partial charge on any atom is 0.320 e. The zero-order valence-corrected chi connectivity index (χ0v) is 13.9. The Kier molecular flexibility index (Phi) is 4.97. The quantitative estimate of drug-likeness (QED) is 0.718. The number of hydrogen-bond acceptors (Lipinski definition) is 4. The summed E-state index contributed by atoms with van der Waals surface area (Å²) < 4.78 is 0. The van der Waals surface area contributed by atoms with Crippen LogP contribution in [0, 0.1) is 0 Å². The number of hydrogen-bond donors (Lipinski definition) is 3. The zero-order chi connectivity index (χ0) is 18.0. The third-order valence-corrected chi connectivity index (χ3v) is 4.83. The minimum absolute atomic E-state index is 0.0266. The average molecular weight is 338 g/mol. The number of carboxylic acid groups (broad SMARTS) is 1. The highest BCUT2D eigenvalue weighted by Crippen LogP contribution is 2.45. The van der Waals surface area contributed by atoms with Crippen molar-refractivity contribution in [2.75, 3.05) is 0 Å². The minimum Gasteiger partial charge on any atom is -0.480 e. The fourth-order valence-electron chi connectivity index (χ4n) is 3.50. The Balaban J connectivity index is 1.77. The number of aliphatic carboxylic acids is 1. The summed E-state index contributed by atoms with van der Waals surface area (Å²) in [5, 5.41) is 8.82. The molecule has 0 fully saturated rings. The van der Waals surface area contributed by atoms with E-state index < -0.39 is 18.1 Å². The molecule has 5 N–H and O–H groups in total. The van der Waals surface area contributed by atoms with E-state index in [0.717, 1.165) is 22.3 Å². The predicted molar refractivity (Wildman–Crippen MR) is 96.2 cm³/mol. The lowest BCUT2D eigenvalue weighted by Crippen LogP contribution is -2.35. The van der Waals surface area contributed by atoms with Crippen molar-refractivity contribution in [3.05, 3.63) is 59.7 Å². The molecule has 3 rings (SSSR count). The van der Waals surface area contributed by atoms with E-state index in [2.05, 4.69) is 0 Å². The van der Waals surface area contributed by atoms with Crippen molar-refractivity contribution in [3.63, 3.8) is 0 Å². The summed E-state index contributed by atoms with van der Waals surface area (Å²) in [6.07, 6.45) is 1.26. The molecule has 0 aliphatic heterocycles. The highest BCUT2D eigenvalue weighted by Gasteiger charge is 2.35. The van der Waals surface area contributed by atoms with Gasteiger partial charge in [0.05, 0.1) is 12.0 Å². The predicted octanol–water partition coefficient (Wildman–Crippen LogP) is 2.28. The maximum atomic E-state index is 13.0. The first kappa shape index (κ1) is 17.3. The number of carboxylic acids is 1. The molecule has 0 saturated carbocycles. The van der Waals surface area contributed by atoms with Gasteiger partial charge in [0.1, 0.15) is 6.04 Å². The number of fused-ring (bicyclic) bond motifs is 3. The molecule has 2 aromatic rings. The number of ketones is 1. The summed E-state index contributed by atoms with van der Waals surface area (Å²) in [4.78, 5) is 23.8. The van der Waals surface area contributed by atoms with Gasteiger partial charge in [0.2, 0.25) is 0 Å². The van der Waals surface area contributed by atoms with Gasteiger partial charge in [0.15, 0.2) is 5.78 Å². The molecule has 1 unspecified atom stereocenters. The van der Waals surface area contributed by atoms with Crippen LogP contribution in [-0.2, 0) is 9.59 Å². The van der Waals surface area contributed by atoms with Crippen LogP contribution in [0.5, 0.6) is 0 Å². The zero-order valence-electron chi connectivity index (χ0n) is 13.9. The highest BCUT2D eigenvalue weighted by molar-refractivity contribution is 5.99. The molecule has 5 heteroatoms. The second-order valence-electron chi connectivity index (χ2n) is 6.49. The molecule has 1 aliphatic rings. The fraction of sp³-hybridized carbons (Fsp3) is 0.300. The average Bonchev–Trinajstić information content (AvgIpc) is 2.95. The summed E-state index contributed by atoms with van der Waals surface area (Å²) in [6.45, 7) is 0. The second kappa shape index (κ2) is 7.17. The largest absolute Gasteiger partial charge is 0.480 e. The molecule has 5 nitrogen and oxygen atoms in total. The van der Waals surface area contributed by atoms with Crippen LogP contribution in [0.2, 0.25) is 0 Å². The van der Waals surface area contributed by atoms with Gasteiger partial charge in [-0.3, -0.25) is 9.59 Å². The van der Waals surface area contributed by atoms with E-state index in [1.807, 2.05) is 48.5 Å². The highest BCUT2D eigenvalue weighted by atomic mass is 16.4. The van der Waals surface area contributed by atoms with Crippen molar-refractivity contribution >= 4 is 11.8 Å². The van der Waals surface area contributed by atoms with Crippen molar-refractivity contribution in [2.24, 2.45) is 11.5 Å². The van der Waals surface area contributed by atoms with E-state index in [1.54, 1.807) is 0 Å². The minimum atomic E-state index is -1.03. The Labute approximate surface area is 146 Å². The molecule has 1 aliphatic carbocycles. The van der Waals surface area contributed by atoms with Crippen LogP contribution < -0.4 is 11.5 Å². The van der Waals surface area contributed by atoms with Crippen molar-refractivity contribution in [3.8, 4) is 11.1 Å². The third kappa shape index (κ3) is 3.34. The van der Waals surface area contributed by atoms with Crippen LogP contribution in [0.25, 0.3) is 11.1 Å². The Morgan fingerprint density at radius 3 is 1.88 bits per heavy atom. The molecular weight excluding hydrogens is 316 g/mol. The van der Waals surface area contributed by atoms with E-state index in [1.165, 1.54) is 0 Å². The summed E-state index contributed by atoms with van der Waals surface area (Å²) >= 11 is 0. The molecule has 0 radical (unpaired) electrons. The van der Waals surface area contributed by atoms with Crippen LogP contribution in [0.15, 0.2) is 48.5 Å². The summed E-state index contributed by atoms with van der Waals surface area (Å²) in [6, 6.07) is 14.3. The van der Waals surface area contributed by atoms with Gasteiger partial charge >= 0.3 is 5.97 Å². The molecule has 0 spiro atoms. The number of carbonyl (C=O) groups is 2. The molecule has 130 valence electrons. The molecule has 2 atom stereocenters. The monoisotopic (exact) mass is 338 g/mol. The van der Waals surface area contributed by atoms with Gasteiger partial charge in [-0.1, -0.05) is 48.5 Å². The third-order valence-electron chi connectivity index (χ3n) is 4.83. The lowest BCUT2D eigenvalue weighted by molar-refractivity contribution is -0.138. The summed E-state index contributed by atoms with van der Waals surface area (Å²) in [5.74, 6) is -1.41. The number of Topliss-reactive ketones (excluding diaryl/α,β-unsaturated/α-hetero) is 1. The molecule has 0 bridgehead atoms. The van der Waals surface area contributed by atoms with Crippen LogP contribution >= 0.6 is 0 Å². The van der Waals surface area contributed by atoms with Gasteiger partial charge in [-0.25, -0.2) is 0 Å². The molecular formula is C20H22N2O3. The van der Waals surface area contributed by atoms with E-state index in [4.69, 9.17) is 16.6 Å².